The molecule has 0 spiro atoms. The maximum absolute atomic E-state index is 12.3. The number of aromatic nitrogens is 4. The van der Waals surface area contributed by atoms with E-state index in [1.807, 2.05) is 47.4 Å². The fourth-order valence-corrected chi connectivity index (χ4v) is 4.69. The van der Waals surface area contributed by atoms with Crippen LogP contribution in [0.2, 0.25) is 0 Å². The molecule has 1 atom stereocenters. The molecule has 3 heterocycles. The maximum atomic E-state index is 12.3. The zero-order chi connectivity index (χ0) is 27.0. The molecule has 1 fully saturated rings. The highest BCUT2D eigenvalue weighted by Gasteiger charge is 2.26. The van der Waals surface area contributed by atoms with E-state index in [2.05, 4.69) is 33.9 Å². The van der Waals surface area contributed by atoms with Crippen LogP contribution >= 0.6 is 0 Å². The Morgan fingerprint density at radius 3 is 2.85 bits per heavy atom. The maximum Gasteiger partial charge on any atom is 0.246 e. The van der Waals surface area contributed by atoms with Gasteiger partial charge in [0.2, 0.25) is 11.9 Å². The van der Waals surface area contributed by atoms with Gasteiger partial charge in [-0.2, -0.15) is 9.97 Å². The van der Waals surface area contributed by atoms with Crippen LogP contribution in [0.15, 0.2) is 73.6 Å². The number of ether oxygens (including phenoxy) is 2. The van der Waals surface area contributed by atoms with E-state index in [0.29, 0.717) is 49.2 Å². The molecule has 5 rings (SSSR count). The van der Waals surface area contributed by atoms with Crippen molar-refractivity contribution in [3.8, 4) is 5.75 Å². The number of rotatable bonds is 11. The molecule has 0 saturated carbocycles. The predicted molar refractivity (Wildman–Crippen MR) is 151 cm³/mol. The number of nitrogens with zero attached hydrogens (tertiary/aromatic N) is 5. The standard InChI is InChI=1S/C29H33N7O3/c1-3-25(37)35-14-8-12-23(19-35)36-20-31-26-27(30-18-21-9-5-4-6-10-21)33-29(34-28(26)36)32-22-11-7-13-24(17-22)39-16-15-38-2/h3-7,9-11,13,17,20,23H,1,8,12,14-16,18-19H2,2H3,(H2,30,32,33,34). The Labute approximate surface area is 227 Å². The van der Waals surface area contributed by atoms with Gasteiger partial charge >= 0.3 is 0 Å². The van der Waals surface area contributed by atoms with E-state index in [-0.39, 0.29) is 11.9 Å². The van der Waals surface area contributed by atoms with Crippen LogP contribution in [-0.2, 0) is 16.1 Å². The van der Waals surface area contributed by atoms with Crippen LogP contribution < -0.4 is 15.4 Å². The normalized spacial score (nSPS) is 15.2. The average Bonchev–Trinajstić information content (AvgIpc) is 3.41. The first kappa shape index (κ1) is 26.2. The summed E-state index contributed by atoms with van der Waals surface area (Å²) in [6.07, 6.45) is 4.99. The van der Waals surface area contributed by atoms with E-state index in [0.717, 1.165) is 36.4 Å². The molecule has 2 aromatic heterocycles. The van der Waals surface area contributed by atoms with E-state index >= 15 is 0 Å². The second-order valence-electron chi connectivity index (χ2n) is 9.34. The number of hydrogen-bond donors (Lipinski definition) is 2. The first-order valence-corrected chi connectivity index (χ1v) is 13.1. The number of hydrogen-bond acceptors (Lipinski definition) is 8. The third-order valence-electron chi connectivity index (χ3n) is 6.65. The lowest BCUT2D eigenvalue weighted by Crippen LogP contribution is -2.39. The summed E-state index contributed by atoms with van der Waals surface area (Å²) < 4.78 is 12.9. The number of anilines is 3. The van der Waals surface area contributed by atoms with Crippen LogP contribution in [0.4, 0.5) is 17.5 Å². The summed E-state index contributed by atoms with van der Waals surface area (Å²) in [7, 11) is 1.64. The molecule has 2 N–H and O–H groups in total. The lowest BCUT2D eigenvalue weighted by molar-refractivity contribution is -0.127. The van der Waals surface area contributed by atoms with Crippen molar-refractivity contribution in [2.24, 2.45) is 0 Å². The highest BCUT2D eigenvalue weighted by molar-refractivity contribution is 5.87. The van der Waals surface area contributed by atoms with Gasteiger partial charge in [-0.25, -0.2) is 4.98 Å². The Morgan fingerprint density at radius 1 is 1.15 bits per heavy atom. The highest BCUT2D eigenvalue weighted by atomic mass is 16.5. The number of carbonyl (C=O) groups is 1. The highest BCUT2D eigenvalue weighted by Crippen LogP contribution is 2.29. The van der Waals surface area contributed by atoms with Crippen LogP contribution in [-0.4, -0.2) is 63.7 Å². The summed E-state index contributed by atoms with van der Waals surface area (Å²) >= 11 is 0. The summed E-state index contributed by atoms with van der Waals surface area (Å²) in [4.78, 5) is 28.5. The quantitative estimate of drug-likeness (QED) is 0.216. The van der Waals surface area contributed by atoms with Crippen LogP contribution in [0, 0.1) is 0 Å². The van der Waals surface area contributed by atoms with Crippen molar-refractivity contribution in [1.29, 1.82) is 0 Å². The summed E-state index contributed by atoms with van der Waals surface area (Å²) in [6.45, 7) is 6.51. The molecular formula is C29H33N7O3. The van der Waals surface area contributed by atoms with Gasteiger partial charge < -0.3 is 29.6 Å². The Balaban J connectivity index is 1.46. The van der Waals surface area contributed by atoms with Crippen molar-refractivity contribution in [2.45, 2.75) is 25.4 Å². The fraction of sp³-hybridized carbons (Fsp3) is 0.310. The van der Waals surface area contributed by atoms with Crippen LogP contribution in [0.3, 0.4) is 0 Å². The lowest BCUT2D eigenvalue weighted by atomic mass is 10.1. The Bertz CT molecular complexity index is 1420. The fourth-order valence-electron chi connectivity index (χ4n) is 4.69. The Hall–Kier alpha value is -4.44. The predicted octanol–water partition coefficient (Wildman–Crippen LogP) is 4.56. The molecule has 0 radical (unpaired) electrons. The van der Waals surface area contributed by atoms with E-state index in [1.54, 1.807) is 13.4 Å². The molecule has 0 aliphatic carbocycles. The van der Waals surface area contributed by atoms with Crippen molar-refractivity contribution in [3.63, 3.8) is 0 Å². The van der Waals surface area contributed by atoms with Crippen LogP contribution in [0.5, 0.6) is 5.75 Å². The third-order valence-corrected chi connectivity index (χ3v) is 6.65. The average molecular weight is 528 g/mol. The van der Waals surface area contributed by atoms with Crippen molar-refractivity contribution in [2.75, 3.05) is 44.0 Å². The number of carbonyl (C=O) groups excluding carboxylic acids is 1. The molecule has 1 aliphatic rings. The number of imidazole rings is 1. The van der Waals surface area contributed by atoms with E-state index < -0.39 is 0 Å². The Morgan fingerprint density at radius 2 is 2.03 bits per heavy atom. The zero-order valence-corrected chi connectivity index (χ0v) is 22.0. The van der Waals surface area contributed by atoms with Crippen LogP contribution in [0.1, 0.15) is 24.4 Å². The second-order valence-corrected chi connectivity index (χ2v) is 9.34. The molecule has 39 heavy (non-hydrogen) atoms. The van der Waals surface area contributed by atoms with Gasteiger partial charge in [0.1, 0.15) is 12.4 Å². The molecular weight excluding hydrogens is 494 g/mol. The topological polar surface area (TPSA) is 106 Å². The van der Waals surface area contributed by atoms with Gasteiger partial charge in [0.25, 0.3) is 0 Å². The number of nitrogens with one attached hydrogen (secondary N) is 2. The number of piperidine rings is 1. The monoisotopic (exact) mass is 527 g/mol. The molecule has 1 aliphatic heterocycles. The molecule has 1 unspecified atom stereocenters. The van der Waals surface area contributed by atoms with Gasteiger partial charge in [-0.1, -0.05) is 43.0 Å². The molecule has 10 heteroatoms. The molecule has 2 aromatic carbocycles. The van der Waals surface area contributed by atoms with Gasteiger partial charge in [0.05, 0.1) is 19.0 Å². The third kappa shape index (κ3) is 6.35. The van der Waals surface area contributed by atoms with Crippen molar-refractivity contribution >= 4 is 34.5 Å². The summed E-state index contributed by atoms with van der Waals surface area (Å²) in [5, 5.41) is 6.77. The van der Waals surface area contributed by atoms with Crippen LogP contribution in [0.25, 0.3) is 11.2 Å². The minimum atomic E-state index is -0.0566. The number of fused-ring (bicyclic) bond motifs is 1. The Kier molecular flexibility index (Phi) is 8.33. The first-order chi connectivity index (χ1) is 19.1. The SMILES string of the molecule is C=CC(=O)N1CCCC(n2cnc3c(NCc4ccccc4)nc(Nc4cccc(OCCOC)c4)nc32)C1. The summed E-state index contributed by atoms with van der Waals surface area (Å²) in [5.74, 6) is 1.73. The van der Waals surface area contributed by atoms with E-state index in [9.17, 15) is 4.79 Å². The molecule has 4 aromatic rings. The smallest absolute Gasteiger partial charge is 0.246 e. The van der Waals surface area contributed by atoms with E-state index in [4.69, 9.17) is 24.4 Å². The number of likely N-dealkylation sites (tertiary alicyclic amines) is 1. The van der Waals surface area contributed by atoms with Gasteiger partial charge in [-0.05, 0) is 36.6 Å². The molecule has 10 nitrogen and oxygen atoms in total. The van der Waals surface area contributed by atoms with Gasteiger partial charge in [0, 0.05) is 38.5 Å². The molecule has 1 amide bonds. The molecule has 1 saturated heterocycles. The zero-order valence-electron chi connectivity index (χ0n) is 22.0. The lowest BCUT2D eigenvalue weighted by Gasteiger charge is -2.32. The number of amides is 1. The number of benzene rings is 2. The molecule has 202 valence electrons. The van der Waals surface area contributed by atoms with Gasteiger partial charge in [0.15, 0.2) is 17.0 Å². The van der Waals surface area contributed by atoms with E-state index in [1.165, 1.54) is 6.08 Å². The second kappa shape index (κ2) is 12.4. The summed E-state index contributed by atoms with van der Waals surface area (Å²) in [5.41, 5.74) is 3.31. The largest absolute Gasteiger partial charge is 0.491 e. The molecule has 0 bridgehead atoms. The van der Waals surface area contributed by atoms with Crippen molar-refractivity contribution in [3.05, 3.63) is 79.1 Å². The summed E-state index contributed by atoms with van der Waals surface area (Å²) in [6, 6.07) is 17.8. The van der Waals surface area contributed by atoms with Gasteiger partial charge in [-0.15, -0.1) is 0 Å². The van der Waals surface area contributed by atoms with Crippen molar-refractivity contribution in [1.82, 2.24) is 24.4 Å². The minimum absolute atomic E-state index is 0.0508. The van der Waals surface area contributed by atoms with Crippen molar-refractivity contribution < 1.29 is 14.3 Å². The first-order valence-electron chi connectivity index (χ1n) is 13.1. The van der Waals surface area contributed by atoms with Gasteiger partial charge in [-0.3, -0.25) is 4.79 Å². The number of methoxy groups -OCH3 is 1. The minimum Gasteiger partial charge on any atom is -0.491 e.